The van der Waals surface area contributed by atoms with E-state index in [0.717, 1.165) is 0 Å². The third kappa shape index (κ3) is 2.73. The van der Waals surface area contributed by atoms with Crippen LogP contribution in [0.3, 0.4) is 0 Å². The minimum absolute atomic E-state index is 0.185. The fourth-order valence-corrected chi connectivity index (χ4v) is 2.18. The second-order valence-corrected chi connectivity index (χ2v) is 4.96. The standard InChI is InChI=1S/C13H13ClN6O/c1-10-17-20(12-4-2-11(14)3-5-12)13(21)19(10)7-6-18-9-15-8-16-18/h2-5,8-9H,6-7H2,1H3. The summed E-state index contributed by atoms with van der Waals surface area (Å²) in [6, 6.07) is 6.98. The molecule has 3 rings (SSSR count). The maximum atomic E-state index is 12.4. The van der Waals surface area contributed by atoms with Crippen LogP contribution in [0.1, 0.15) is 5.82 Å². The highest BCUT2D eigenvalue weighted by atomic mass is 35.5. The first-order chi connectivity index (χ1) is 10.1. The molecule has 0 unspecified atom stereocenters. The molecule has 0 N–H and O–H groups in total. The molecule has 21 heavy (non-hydrogen) atoms. The minimum atomic E-state index is -0.185. The first kappa shape index (κ1) is 13.6. The molecule has 0 radical (unpaired) electrons. The molecule has 0 spiro atoms. The molecule has 0 amide bonds. The average Bonchev–Trinajstić information content (AvgIpc) is 3.07. The highest BCUT2D eigenvalue weighted by Crippen LogP contribution is 2.11. The third-order valence-electron chi connectivity index (χ3n) is 3.14. The molecule has 7 nitrogen and oxygen atoms in total. The zero-order chi connectivity index (χ0) is 14.8. The molecule has 0 aliphatic carbocycles. The SMILES string of the molecule is Cc1nn(-c2ccc(Cl)cc2)c(=O)n1CCn1cncn1. The molecule has 0 aliphatic rings. The Kier molecular flexibility index (Phi) is 3.57. The van der Waals surface area contributed by atoms with Crippen LogP contribution in [0, 0.1) is 6.92 Å². The second kappa shape index (κ2) is 5.53. The summed E-state index contributed by atoms with van der Waals surface area (Å²) in [6.07, 6.45) is 3.08. The van der Waals surface area contributed by atoms with E-state index in [4.69, 9.17) is 11.6 Å². The van der Waals surface area contributed by atoms with Gasteiger partial charge < -0.3 is 0 Å². The minimum Gasteiger partial charge on any atom is -0.277 e. The second-order valence-electron chi connectivity index (χ2n) is 4.53. The Labute approximate surface area is 125 Å². The molecule has 0 fully saturated rings. The molecule has 0 atom stereocenters. The number of halogens is 1. The first-order valence-corrected chi connectivity index (χ1v) is 6.78. The van der Waals surface area contributed by atoms with Crippen molar-refractivity contribution in [2.45, 2.75) is 20.0 Å². The fourth-order valence-electron chi connectivity index (χ4n) is 2.05. The molecular formula is C13H13ClN6O. The number of aromatic nitrogens is 6. The topological polar surface area (TPSA) is 70.5 Å². The smallest absolute Gasteiger partial charge is 0.277 e. The Balaban J connectivity index is 1.89. The lowest BCUT2D eigenvalue weighted by molar-refractivity contribution is 0.514. The van der Waals surface area contributed by atoms with Gasteiger partial charge in [-0.1, -0.05) is 11.6 Å². The number of nitrogens with zero attached hydrogens (tertiary/aromatic N) is 6. The molecule has 8 heteroatoms. The number of rotatable bonds is 4. The Morgan fingerprint density at radius 2 is 1.95 bits per heavy atom. The largest absolute Gasteiger partial charge is 0.350 e. The lowest BCUT2D eigenvalue weighted by Gasteiger charge is -2.02. The summed E-state index contributed by atoms with van der Waals surface area (Å²) in [6.45, 7) is 2.85. The molecule has 0 aliphatic heterocycles. The van der Waals surface area contributed by atoms with Crippen LogP contribution < -0.4 is 5.69 Å². The Hall–Kier alpha value is -2.41. The lowest BCUT2D eigenvalue weighted by Crippen LogP contribution is -2.25. The molecule has 1 aromatic carbocycles. The van der Waals surface area contributed by atoms with Gasteiger partial charge in [0.1, 0.15) is 18.5 Å². The van der Waals surface area contributed by atoms with Gasteiger partial charge in [0.25, 0.3) is 0 Å². The summed E-state index contributed by atoms with van der Waals surface area (Å²) in [4.78, 5) is 16.3. The van der Waals surface area contributed by atoms with Crippen LogP contribution in [0.25, 0.3) is 5.69 Å². The Bertz CT molecular complexity index is 787. The molecule has 3 aromatic rings. The third-order valence-corrected chi connectivity index (χ3v) is 3.39. The Morgan fingerprint density at radius 1 is 1.19 bits per heavy atom. The lowest BCUT2D eigenvalue weighted by atomic mass is 10.3. The van der Waals surface area contributed by atoms with E-state index in [1.165, 1.54) is 11.0 Å². The Morgan fingerprint density at radius 3 is 2.62 bits per heavy atom. The van der Waals surface area contributed by atoms with Crippen molar-refractivity contribution in [2.75, 3.05) is 0 Å². The van der Waals surface area contributed by atoms with E-state index in [-0.39, 0.29) is 5.69 Å². The van der Waals surface area contributed by atoms with Gasteiger partial charge in [0.15, 0.2) is 0 Å². The van der Waals surface area contributed by atoms with Crippen molar-refractivity contribution in [3.63, 3.8) is 0 Å². The van der Waals surface area contributed by atoms with Crippen LogP contribution in [0.2, 0.25) is 5.02 Å². The summed E-state index contributed by atoms with van der Waals surface area (Å²) in [5.41, 5.74) is 0.502. The van der Waals surface area contributed by atoms with Gasteiger partial charge >= 0.3 is 5.69 Å². The predicted octanol–water partition coefficient (Wildman–Crippen LogP) is 1.29. The number of hydrogen-bond donors (Lipinski definition) is 0. The van der Waals surface area contributed by atoms with Gasteiger partial charge in [-0.15, -0.1) is 0 Å². The van der Waals surface area contributed by atoms with Crippen LogP contribution in [-0.2, 0) is 13.1 Å². The van der Waals surface area contributed by atoms with E-state index >= 15 is 0 Å². The zero-order valence-corrected chi connectivity index (χ0v) is 12.1. The number of aryl methyl sites for hydroxylation is 2. The molecule has 2 heterocycles. The van der Waals surface area contributed by atoms with Gasteiger partial charge in [-0.05, 0) is 31.2 Å². The summed E-state index contributed by atoms with van der Waals surface area (Å²) in [5.74, 6) is 0.648. The first-order valence-electron chi connectivity index (χ1n) is 6.40. The highest BCUT2D eigenvalue weighted by Gasteiger charge is 2.11. The highest BCUT2D eigenvalue weighted by molar-refractivity contribution is 6.30. The van der Waals surface area contributed by atoms with Gasteiger partial charge in [-0.2, -0.15) is 14.9 Å². The zero-order valence-electron chi connectivity index (χ0n) is 11.3. The van der Waals surface area contributed by atoms with Crippen molar-refractivity contribution < 1.29 is 0 Å². The fraction of sp³-hybridized carbons (Fsp3) is 0.231. The van der Waals surface area contributed by atoms with E-state index in [0.29, 0.717) is 29.6 Å². The van der Waals surface area contributed by atoms with Crippen molar-refractivity contribution in [1.29, 1.82) is 0 Å². The number of benzene rings is 1. The summed E-state index contributed by atoms with van der Waals surface area (Å²) in [5, 5.41) is 8.92. The van der Waals surface area contributed by atoms with Gasteiger partial charge in [0.05, 0.1) is 12.2 Å². The van der Waals surface area contributed by atoms with Crippen LogP contribution in [0.4, 0.5) is 0 Å². The van der Waals surface area contributed by atoms with Gasteiger partial charge in [-0.3, -0.25) is 9.25 Å². The van der Waals surface area contributed by atoms with Crippen molar-refractivity contribution in [2.24, 2.45) is 0 Å². The summed E-state index contributed by atoms with van der Waals surface area (Å²) < 4.78 is 4.65. The van der Waals surface area contributed by atoms with E-state index in [2.05, 4.69) is 15.2 Å². The van der Waals surface area contributed by atoms with E-state index < -0.39 is 0 Å². The van der Waals surface area contributed by atoms with Gasteiger partial charge in [-0.25, -0.2) is 9.78 Å². The maximum absolute atomic E-state index is 12.4. The van der Waals surface area contributed by atoms with Crippen molar-refractivity contribution in [3.8, 4) is 5.69 Å². The summed E-state index contributed by atoms with van der Waals surface area (Å²) >= 11 is 5.85. The molecule has 2 aromatic heterocycles. The van der Waals surface area contributed by atoms with Crippen LogP contribution >= 0.6 is 11.6 Å². The maximum Gasteiger partial charge on any atom is 0.350 e. The van der Waals surface area contributed by atoms with E-state index in [9.17, 15) is 4.79 Å². The van der Waals surface area contributed by atoms with Crippen LogP contribution in [0.5, 0.6) is 0 Å². The van der Waals surface area contributed by atoms with Crippen LogP contribution in [-0.4, -0.2) is 29.1 Å². The monoisotopic (exact) mass is 304 g/mol. The molecule has 0 bridgehead atoms. The van der Waals surface area contributed by atoms with Gasteiger partial charge in [0, 0.05) is 11.6 Å². The predicted molar refractivity (Wildman–Crippen MR) is 77.6 cm³/mol. The van der Waals surface area contributed by atoms with Gasteiger partial charge in [0.2, 0.25) is 0 Å². The van der Waals surface area contributed by atoms with E-state index in [1.807, 2.05) is 0 Å². The normalized spacial score (nSPS) is 11.0. The molecule has 108 valence electrons. The van der Waals surface area contributed by atoms with Crippen molar-refractivity contribution in [3.05, 3.63) is 58.3 Å². The molecule has 0 saturated heterocycles. The van der Waals surface area contributed by atoms with Crippen LogP contribution in [0.15, 0.2) is 41.7 Å². The van der Waals surface area contributed by atoms with Crippen molar-refractivity contribution >= 4 is 11.6 Å². The molecule has 0 saturated carbocycles. The van der Waals surface area contributed by atoms with Crippen molar-refractivity contribution in [1.82, 2.24) is 29.1 Å². The molecular weight excluding hydrogens is 292 g/mol. The number of hydrogen-bond acceptors (Lipinski definition) is 4. The average molecular weight is 305 g/mol. The van der Waals surface area contributed by atoms with E-state index in [1.54, 1.807) is 46.8 Å². The summed E-state index contributed by atoms with van der Waals surface area (Å²) in [7, 11) is 0. The quantitative estimate of drug-likeness (QED) is 0.728.